The molecule has 0 aromatic carbocycles. The lowest BCUT2D eigenvalue weighted by Crippen LogP contribution is -1.65. The van der Waals surface area contributed by atoms with Crippen molar-refractivity contribution in [1.82, 2.24) is 0 Å². The molecule has 0 spiro atoms. The maximum absolute atomic E-state index is 2.32. The second-order valence-electron chi connectivity index (χ2n) is 2.17. The lowest BCUT2D eigenvalue weighted by Gasteiger charge is -1.85. The smallest absolute Gasteiger partial charge is 0.0279 e. The molecule has 0 saturated heterocycles. The molecular weight excluding hydrogens is 96.1 g/mol. The summed E-state index contributed by atoms with van der Waals surface area (Å²) in [6, 6.07) is 0. The molecule has 0 bridgehead atoms. The lowest BCUT2D eigenvalue weighted by atomic mass is 10.2. The molecule has 8 heavy (non-hydrogen) atoms. The average molecular weight is 108 g/mol. The molecule has 0 aromatic heterocycles. The van der Waals surface area contributed by atoms with E-state index < -0.39 is 0 Å². The first-order valence-corrected chi connectivity index (χ1v) is 3.25. The largest absolute Gasteiger partial charge is 0.0874 e. The van der Waals surface area contributed by atoms with Crippen LogP contribution in [-0.4, -0.2) is 0 Å². The topological polar surface area (TPSA) is 0 Å². The fourth-order valence-corrected chi connectivity index (χ4v) is 1.06. The zero-order valence-electron chi connectivity index (χ0n) is 5.35. The Morgan fingerprint density at radius 3 is 3.00 bits per heavy atom. The number of hydrogen-bond acceptors (Lipinski definition) is 0. The molecular formula is C8H12. The van der Waals surface area contributed by atoms with Gasteiger partial charge in [-0.25, -0.2) is 0 Å². The fraction of sp³-hybridized carbons (Fsp3) is 0.500. The van der Waals surface area contributed by atoms with Gasteiger partial charge >= 0.3 is 0 Å². The summed E-state index contributed by atoms with van der Waals surface area (Å²) in [6.07, 6.45) is 10.6. The van der Waals surface area contributed by atoms with Crippen LogP contribution in [0.25, 0.3) is 0 Å². The van der Waals surface area contributed by atoms with Crippen molar-refractivity contribution < 1.29 is 0 Å². The van der Waals surface area contributed by atoms with E-state index in [0.717, 1.165) is 0 Å². The molecule has 0 saturated carbocycles. The van der Waals surface area contributed by atoms with Crippen LogP contribution in [0.3, 0.4) is 0 Å². The Hall–Kier alpha value is -0.520. The van der Waals surface area contributed by atoms with E-state index in [1.165, 1.54) is 24.8 Å². The van der Waals surface area contributed by atoms with Crippen LogP contribution < -0.4 is 0 Å². The average Bonchev–Trinajstić information content (AvgIpc) is 2.19. The molecule has 0 N–H and O–H groups in total. The van der Waals surface area contributed by atoms with Crippen LogP contribution in [0.2, 0.25) is 0 Å². The highest BCUT2D eigenvalue weighted by Crippen LogP contribution is 2.17. The van der Waals surface area contributed by atoms with Gasteiger partial charge in [0.05, 0.1) is 0 Å². The Morgan fingerprint density at radius 2 is 2.50 bits per heavy atom. The summed E-state index contributed by atoms with van der Waals surface area (Å²) >= 11 is 0. The second-order valence-corrected chi connectivity index (χ2v) is 2.17. The Morgan fingerprint density at radius 1 is 1.62 bits per heavy atom. The van der Waals surface area contributed by atoms with Crippen molar-refractivity contribution in [1.29, 1.82) is 0 Å². The number of hydrogen-bond donors (Lipinski definition) is 0. The summed E-state index contributed by atoms with van der Waals surface area (Å²) in [5, 5.41) is 0. The monoisotopic (exact) mass is 108 g/mol. The van der Waals surface area contributed by atoms with Gasteiger partial charge in [-0.05, 0) is 26.2 Å². The van der Waals surface area contributed by atoms with Crippen LogP contribution >= 0.6 is 0 Å². The van der Waals surface area contributed by atoms with Crippen LogP contribution in [-0.2, 0) is 0 Å². The first kappa shape index (κ1) is 5.61. The van der Waals surface area contributed by atoms with Crippen LogP contribution in [0.1, 0.15) is 26.2 Å². The molecule has 0 unspecified atom stereocenters. The van der Waals surface area contributed by atoms with Gasteiger partial charge in [-0.1, -0.05) is 23.8 Å². The number of allylic oxidation sites excluding steroid dienone is 4. The van der Waals surface area contributed by atoms with E-state index in [0.29, 0.717) is 0 Å². The molecule has 44 valence electrons. The van der Waals surface area contributed by atoms with Crippen molar-refractivity contribution in [3.8, 4) is 0 Å². The normalized spacial score (nSPS) is 19.9. The van der Waals surface area contributed by atoms with E-state index in [1.807, 2.05) is 0 Å². The minimum atomic E-state index is 1.29. The number of rotatable bonds is 1. The van der Waals surface area contributed by atoms with Gasteiger partial charge in [0.1, 0.15) is 0 Å². The Bertz CT molecular complexity index is 118. The Kier molecular flexibility index (Phi) is 1.90. The van der Waals surface area contributed by atoms with Crippen molar-refractivity contribution >= 4 is 0 Å². The lowest BCUT2D eigenvalue weighted by molar-refractivity contribution is 0.916. The predicted octanol–water partition coefficient (Wildman–Crippen LogP) is 2.67. The third-order valence-corrected chi connectivity index (χ3v) is 1.46. The van der Waals surface area contributed by atoms with Gasteiger partial charge in [0, 0.05) is 0 Å². The zero-order valence-corrected chi connectivity index (χ0v) is 5.35. The summed E-state index contributed by atoms with van der Waals surface area (Å²) in [6.45, 7) is 2.07. The highest BCUT2D eigenvalue weighted by Gasteiger charge is 1.97. The van der Waals surface area contributed by atoms with Crippen LogP contribution in [0.5, 0.6) is 0 Å². The van der Waals surface area contributed by atoms with Crippen LogP contribution in [0.15, 0.2) is 23.8 Å². The van der Waals surface area contributed by atoms with Crippen molar-refractivity contribution in [2.24, 2.45) is 0 Å². The van der Waals surface area contributed by atoms with Crippen molar-refractivity contribution in [2.75, 3.05) is 0 Å². The summed E-state index contributed by atoms with van der Waals surface area (Å²) in [4.78, 5) is 0. The SMILES string of the molecule is C/C=C\C1=CCCC1. The molecule has 0 fully saturated rings. The maximum atomic E-state index is 2.32. The molecule has 0 heteroatoms. The fourth-order valence-electron chi connectivity index (χ4n) is 1.06. The molecule has 0 atom stereocenters. The summed E-state index contributed by atoms with van der Waals surface area (Å²) < 4.78 is 0. The molecule has 0 amide bonds. The highest BCUT2D eigenvalue weighted by molar-refractivity contribution is 5.20. The minimum Gasteiger partial charge on any atom is -0.0874 e. The zero-order chi connectivity index (χ0) is 5.82. The van der Waals surface area contributed by atoms with E-state index in [1.54, 1.807) is 0 Å². The Balaban J connectivity index is 2.45. The highest BCUT2D eigenvalue weighted by atomic mass is 14.0. The van der Waals surface area contributed by atoms with Crippen LogP contribution in [0.4, 0.5) is 0 Å². The quantitative estimate of drug-likeness (QED) is 0.484. The minimum absolute atomic E-state index is 1.29. The van der Waals surface area contributed by atoms with E-state index in [2.05, 4.69) is 25.2 Å². The van der Waals surface area contributed by atoms with Gasteiger partial charge in [-0.2, -0.15) is 0 Å². The van der Waals surface area contributed by atoms with E-state index in [9.17, 15) is 0 Å². The molecule has 0 nitrogen and oxygen atoms in total. The molecule has 0 heterocycles. The van der Waals surface area contributed by atoms with Crippen molar-refractivity contribution in [3.63, 3.8) is 0 Å². The summed E-state index contributed by atoms with van der Waals surface area (Å²) in [5.74, 6) is 0. The van der Waals surface area contributed by atoms with Gasteiger partial charge in [-0.15, -0.1) is 0 Å². The van der Waals surface area contributed by atoms with Crippen LogP contribution in [0, 0.1) is 0 Å². The molecule has 1 rings (SSSR count). The Labute approximate surface area is 50.9 Å². The van der Waals surface area contributed by atoms with E-state index in [-0.39, 0.29) is 0 Å². The summed E-state index contributed by atoms with van der Waals surface area (Å²) in [7, 11) is 0. The molecule has 0 aliphatic heterocycles. The predicted molar refractivity (Wildman–Crippen MR) is 36.7 cm³/mol. The van der Waals surface area contributed by atoms with Crippen molar-refractivity contribution in [2.45, 2.75) is 26.2 Å². The summed E-state index contributed by atoms with van der Waals surface area (Å²) in [5.41, 5.74) is 1.52. The molecule has 1 aliphatic rings. The first-order valence-electron chi connectivity index (χ1n) is 3.25. The first-order chi connectivity index (χ1) is 3.93. The van der Waals surface area contributed by atoms with Gasteiger partial charge < -0.3 is 0 Å². The maximum Gasteiger partial charge on any atom is -0.0279 e. The molecule has 0 radical (unpaired) electrons. The van der Waals surface area contributed by atoms with E-state index in [4.69, 9.17) is 0 Å². The van der Waals surface area contributed by atoms with Gasteiger partial charge in [0.15, 0.2) is 0 Å². The third-order valence-electron chi connectivity index (χ3n) is 1.46. The van der Waals surface area contributed by atoms with E-state index >= 15 is 0 Å². The molecule has 0 aromatic rings. The molecule has 1 aliphatic carbocycles. The standard InChI is InChI=1S/C8H12/c1-2-5-8-6-3-4-7-8/h2,5-6H,3-4,7H2,1H3/b5-2-. The second kappa shape index (κ2) is 2.71. The van der Waals surface area contributed by atoms with Crippen molar-refractivity contribution in [3.05, 3.63) is 23.8 Å². The van der Waals surface area contributed by atoms with Gasteiger partial charge in [-0.3, -0.25) is 0 Å². The van der Waals surface area contributed by atoms with Gasteiger partial charge in [0.25, 0.3) is 0 Å². The third kappa shape index (κ3) is 1.22. The van der Waals surface area contributed by atoms with Gasteiger partial charge in [0.2, 0.25) is 0 Å².